The Labute approximate surface area is 89.7 Å². The lowest BCUT2D eigenvalue weighted by Crippen LogP contribution is -2.42. The summed E-state index contributed by atoms with van der Waals surface area (Å²) >= 11 is 0. The zero-order chi connectivity index (χ0) is 10.5. The smallest absolute Gasteiger partial charge is 0.409 e. The number of ether oxygens (including phenoxy) is 2. The van der Waals surface area contributed by atoms with Crippen LogP contribution in [0.15, 0.2) is 0 Å². The van der Waals surface area contributed by atoms with Crippen LogP contribution < -0.4 is 5.32 Å². The second kappa shape index (κ2) is 5.32. The first-order chi connectivity index (χ1) is 7.36. The lowest BCUT2D eigenvalue weighted by Gasteiger charge is -2.26. The molecule has 0 saturated carbocycles. The molecule has 1 amide bonds. The normalized spacial score (nSPS) is 26.7. The van der Waals surface area contributed by atoms with Crippen molar-refractivity contribution in [1.29, 1.82) is 0 Å². The molecule has 2 heterocycles. The zero-order valence-electron chi connectivity index (χ0n) is 8.91. The van der Waals surface area contributed by atoms with Gasteiger partial charge in [0.1, 0.15) is 6.61 Å². The number of hydrogen-bond donors (Lipinski definition) is 1. The number of hydrogen-bond acceptors (Lipinski definition) is 4. The van der Waals surface area contributed by atoms with Crippen molar-refractivity contribution in [2.75, 3.05) is 39.5 Å². The van der Waals surface area contributed by atoms with Crippen molar-refractivity contribution in [2.24, 2.45) is 0 Å². The van der Waals surface area contributed by atoms with Gasteiger partial charge in [0.15, 0.2) is 0 Å². The number of morpholine rings is 1. The summed E-state index contributed by atoms with van der Waals surface area (Å²) in [5, 5.41) is 3.29. The minimum absolute atomic E-state index is 0.202. The van der Waals surface area contributed by atoms with Gasteiger partial charge in [0, 0.05) is 19.1 Å². The molecule has 0 aromatic carbocycles. The van der Waals surface area contributed by atoms with Crippen LogP contribution in [0.25, 0.3) is 0 Å². The molecule has 0 aliphatic carbocycles. The van der Waals surface area contributed by atoms with E-state index in [1.54, 1.807) is 4.90 Å². The molecule has 0 aromatic heterocycles. The van der Waals surface area contributed by atoms with E-state index >= 15 is 0 Å². The first-order valence-corrected chi connectivity index (χ1v) is 5.59. The second-order valence-corrected chi connectivity index (χ2v) is 3.97. The molecule has 0 spiro atoms. The Morgan fingerprint density at radius 3 is 2.93 bits per heavy atom. The molecular weight excluding hydrogens is 196 g/mol. The van der Waals surface area contributed by atoms with E-state index in [1.807, 2.05) is 0 Å². The maximum Gasteiger partial charge on any atom is 0.409 e. The van der Waals surface area contributed by atoms with E-state index in [-0.39, 0.29) is 6.09 Å². The number of carbonyl (C=O) groups is 1. The van der Waals surface area contributed by atoms with Crippen LogP contribution >= 0.6 is 0 Å². The molecule has 0 radical (unpaired) electrons. The van der Waals surface area contributed by atoms with Crippen molar-refractivity contribution >= 4 is 6.09 Å². The van der Waals surface area contributed by atoms with Crippen LogP contribution in [-0.2, 0) is 9.47 Å². The molecule has 86 valence electrons. The van der Waals surface area contributed by atoms with Crippen LogP contribution in [0.1, 0.15) is 12.8 Å². The highest BCUT2D eigenvalue weighted by molar-refractivity contribution is 5.67. The Hall–Kier alpha value is -0.810. The van der Waals surface area contributed by atoms with Gasteiger partial charge in [0.2, 0.25) is 0 Å². The van der Waals surface area contributed by atoms with Crippen molar-refractivity contribution in [3.63, 3.8) is 0 Å². The van der Waals surface area contributed by atoms with Gasteiger partial charge in [-0.3, -0.25) is 0 Å². The average Bonchev–Trinajstić information content (AvgIpc) is 2.80. The van der Waals surface area contributed by atoms with Crippen LogP contribution in [0.5, 0.6) is 0 Å². The van der Waals surface area contributed by atoms with E-state index < -0.39 is 0 Å². The van der Waals surface area contributed by atoms with Crippen LogP contribution in [0, 0.1) is 0 Å². The van der Waals surface area contributed by atoms with E-state index in [0.717, 1.165) is 13.0 Å². The number of nitrogens with one attached hydrogen (secondary N) is 1. The minimum Gasteiger partial charge on any atom is -0.448 e. The summed E-state index contributed by atoms with van der Waals surface area (Å²) in [7, 11) is 0. The molecule has 1 atom stereocenters. The molecule has 2 aliphatic heterocycles. The summed E-state index contributed by atoms with van der Waals surface area (Å²) in [5.74, 6) is 0. The van der Waals surface area contributed by atoms with E-state index in [4.69, 9.17) is 9.47 Å². The fourth-order valence-corrected chi connectivity index (χ4v) is 1.91. The highest BCUT2D eigenvalue weighted by Gasteiger charge is 2.20. The summed E-state index contributed by atoms with van der Waals surface area (Å²) in [6, 6.07) is 0.356. The monoisotopic (exact) mass is 214 g/mol. The third-order valence-electron chi connectivity index (χ3n) is 2.84. The Balaban J connectivity index is 1.66. The predicted molar refractivity (Wildman–Crippen MR) is 54.8 cm³/mol. The van der Waals surface area contributed by atoms with Crippen LogP contribution in [0.2, 0.25) is 0 Å². The fraction of sp³-hybridized carbons (Fsp3) is 0.900. The highest BCUT2D eigenvalue weighted by Crippen LogP contribution is 2.06. The minimum atomic E-state index is -0.202. The van der Waals surface area contributed by atoms with Gasteiger partial charge < -0.3 is 19.7 Å². The molecule has 1 N–H and O–H groups in total. The Morgan fingerprint density at radius 1 is 1.47 bits per heavy atom. The molecule has 1 unspecified atom stereocenters. The largest absolute Gasteiger partial charge is 0.448 e. The summed E-state index contributed by atoms with van der Waals surface area (Å²) in [4.78, 5) is 13.3. The van der Waals surface area contributed by atoms with Gasteiger partial charge in [0.05, 0.1) is 13.2 Å². The average molecular weight is 214 g/mol. The third kappa shape index (κ3) is 3.07. The Kier molecular flexibility index (Phi) is 3.80. The van der Waals surface area contributed by atoms with Gasteiger partial charge in [0.25, 0.3) is 0 Å². The van der Waals surface area contributed by atoms with Gasteiger partial charge >= 0.3 is 6.09 Å². The standard InChI is InChI=1S/C10H18N2O3/c13-10(12-4-6-14-7-5-12)15-8-9-2-1-3-11-9/h9,11H,1-8H2. The van der Waals surface area contributed by atoms with Crippen molar-refractivity contribution in [3.8, 4) is 0 Å². The quantitative estimate of drug-likeness (QED) is 0.714. The first-order valence-electron chi connectivity index (χ1n) is 5.59. The maximum atomic E-state index is 11.6. The second-order valence-electron chi connectivity index (χ2n) is 3.97. The summed E-state index contributed by atoms with van der Waals surface area (Å²) in [6.07, 6.45) is 2.09. The highest BCUT2D eigenvalue weighted by atomic mass is 16.6. The molecule has 15 heavy (non-hydrogen) atoms. The number of amides is 1. The van der Waals surface area contributed by atoms with Gasteiger partial charge in [-0.2, -0.15) is 0 Å². The lowest BCUT2D eigenvalue weighted by molar-refractivity contribution is 0.0252. The predicted octanol–water partition coefficient (Wildman–Crippen LogP) is 0.207. The van der Waals surface area contributed by atoms with Gasteiger partial charge in [-0.05, 0) is 19.4 Å². The molecule has 2 rings (SSSR count). The molecule has 0 bridgehead atoms. The molecule has 0 aromatic rings. The number of carbonyl (C=O) groups excluding carboxylic acids is 1. The summed E-state index contributed by atoms with van der Waals surface area (Å²) in [5.41, 5.74) is 0. The number of rotatable bonds is 2. The molecule has 5 nitrogen and oxygen atoms in total. The van der Waals surface area contributed by atoms with Crippen LogP contribution in [0.3, 0.4) is 0 Å². The van der Waals surface area contributed by atoms with Crippen molar-refractivity contribution in [1.82, 2.24) is 10.2 Å². The fourth-order valence-electron chi connectivity index (χ4n) is 1.91. The third-order valence-corrected chi connectivity index (χ3v) is 2.84. The van der Waals surface area contributed by atoms with E-state index in [9.17, 15) is 4.79 Å². The summed E-state index contributed by atoms with van der Waals surface area (Å²) < 4.78 is 10.4. The van der Waals surface area contributed by atoms with E-state index in [0.29, 0.717) is 39.0 Å². The topological polar surface area (TPSA) is 50.8 Å². The van der Waals surface area contributed by atoms with Crippen molar-refractivity contribution in [2.45, 2.75) is 18.9 Å². The molecule has 2 saturated heterocycles. The van der Waals surface area contributed by atoms with Crippen molar-refractivity contribution in [3.05, 3.63) is 0 Å². The molecule has 2 aliphatic rings. The van der Waals surface area contributed by atoms with Gasteiger partial charge in [-0.25, -0.2) is 4.79 Å². The first kappa shape index (κ1) is 10.7. The lowest BCUT2D eigenvalue weighted by atomic mass is 10.2. The Bertz CT molecular complexity index is 211. The van der Waals surface area contributed by atoms with Crippen molar-refractivity contribution < 1.29 is 14.3 Å². The SMILES string of the molecule is O=C(OCC1CCCN1)N1CCOCC1. The van der Waals surface area contributed by atoms with Gasteiger partial charge in [-0.1, -0.05) is 0 Å². The zero-order valence-corrected chi connectivity index (χ0v) is 8.91. The van der Waals surface area contributed by atoms with Crippen LogP contribution in [-0.4, -0.2) is 56.5 Å². The summed E-state index contributed by atoms with van der Waals surface area (Å²) in [6.45, 7) is 4.08. The van der Waals surface area contributed by atoms with E-state index in [1.165, 1.54) is 6.42 Å². The maximum absolute atomic E-state index is 11.6. The molecular formula is C10H18N2O3. The molecule has 2 fully saturated rings. The molecule has 5 heteroatoms. The van der Waals surface area contributed by atoms with Crippen LogP contribution in [0.4, 0.5) is 4.79 Å². The van der Waals surface area contributed by atoms with Gasteiger partial charge in [-0.15, -0.1) is 0 Å². The number of nitrogens with zero attached hydrogens (tertiary/aromatic N) is 1. The van der Waals surface area contributed by atoms with E-state index in [2.05, 4.69) is 5.32 Å². The Morgan fingerprint density at radius 2 is 2.27 bits per heavy atom.